The number of aryl methyl sites for hydroxylation is 1. The van der Waals surface area contributed by atoms with Gasteiger partial charge in [-0.15, -0.1) is 0 Å². The molecule has 1 aromatic heterocycles. The van der Waals surface area contributed by atoms with Crippen LogP contribution in [0.3, 0.4) is 0 Å². The van der Waals surface area contributed by atoms with Gasteiger partial charge in [-0.05, 0) is 18.8 Å². The molecule has 1 aromatic rings. The highest BCUT2D eigenvalue weighted by Gasteiger charge is 2.35. The predicted molar refractivity (Wildman–Crippen MR) is 69.0 cm³/mol. The van der Waals surface area contributed by atoms with Crippen LogP contribution in [0.25, 0.3) is 0 Å². The number of hydrogen-bond donors (Lipinski definition) is 1. The van der Waals surface area contributed by atoms with Gasteiger partial charge in [-0.1, -0.05) is 13.8 Å². The SMILES string of the molecule is COC(=O)c1c(C(=O)N2CCC(C)(C)C2)n[nH]c1C. The number of carbonyl (C=O) groups is 2. The first-order chi connectivity index (χ1) is 8.85. The van der Waals surface area contributed by atoms with Crippen LogP contribution in [0.2, 0.25) is 0 Å². The minimum Gasteiger partial charge on any atom is -0.465 e. The molecule has 0 aliphatic carbocycles. The third kappa shape index (κ3) is 2.47. The Kier molecular flexibility index (Phi) is 3.34. The van der Waals surface area contributed by atoms with Gasteiger partial charge >= 0.3 is 5.97 Å². The third-order valence-corrected chi connectivity index (χ3v) is 3.50. The maximum absolute atomic E-state index is 12.4. The van der Waals surface area contributed by atoms with Crippen molar-refractivity contribution in [1.82, 2.24) is 15.1 Å². The molecule has 1 saturated heterocycles. The van der Waals surface area contributed by atoms with Gasteiger partial charge in [-0.3, -0.25) is 9.89 Å². The molecular weight excluding hydrogens is 246 g/mol. The fourth-order valence-electron chi connectivity index (χ4n) is 2.37. The number of methoxy groups -OCH3 is 1. The summed E-state index contributed by atoms with van der Waals surface area (Å²) >= 11 is 0. The summed E-state index contributed by atoms with van der Waals surface area (Å²) in [7, 11) is 1.29. The molecule has 1 aliphatic heterocycles. The molecule has 2 rings (SSSR count). The molecule has 6 nitrogen and oxygen atoms in total. The van der Waals surface area contributed by atoms with Crippen LogP contribution in [0.4, 0.5) is 0 Å². The van der Waals surface area contributed by atoms with E-state index in [1.165, 1.54) is 7.11 Å². The zero-order valence-corrected chi connectivity index (χ0v) is 11.7. The van der Waals surface area contributed by atoms with Crippen molar-refractivity contribution >= 4 is 11.9 Å². The van der Waals surface area contributed by atoms with E-state index in [9.17, 15) is 9.59 Å². The molecule has 0 atom stereocenters. The molecule has 0 aromatic carbocycles. The first kappa shape index (κ1) is 13.6. The van der Waals surface area contributed by atoms with Crippen LogP contribution in [0.5, 0.6) is 0 Å². The second-order valence-corrected chi connectivity index (χ2v) is 5.70. The number of nitrogens with zero attached hydrogens (tertiary/aromatic N) is 2. The Morgan fingerprint density at radius 3 is 2.63 bits per heavy atom. The third-order valence-electron chi connectivity index (χ3n) is 3.50. The van der Waals surface area contributed by atoms with E-state index < -0.39 is 5.97 Å². The number of nitrogens with one attached hydrogen (secondary N) is 1. The normalized spacial score (nSPS) is 17.6. The molecule has 0 bridgehead atoms. The van der Waals surface area contributed by atoms with Crippen LogP contribution in [0, 0.1) is 12.3 Å². The number of carbonyl (C=O) groups excluding carboxylic acids is 2. The number of likely N-dealkylation sites (tertiary alicyclic amines) is 1. The average molecular weight is 265 g/mol. The Bertz CT molecular complexity index is 519. The van der Waals surface area contributed by atoms with Gasteiger partial charge in [-0.2, -0.15) is 5.10 Å². The van der Waals surface area contributed by atoms with Crippen LogP contribution < -0.4 is 0 Å². The van der Waals surface area contributed by atoms with Crippen molar-refractivity contribution in [2.24, 2.45) is 5.41 Å². The van der Waals surface area contributed by atoms with Crippen LogP contribution in [0.1, 0.15) is 46.8 Å². The molecule has 0 radical (unpaired) electrons. The van der Waals surface area contributed by atoms with Gasteiger partial charge in [0.1, 0.15) is 5.56 Å². The Labute approximate surface area is 112 Å². The second-order valence-electron chi connectivity index (χ2n) is 5.70. The lowest BCUT2D eigenvalue weighted by atomic mass is 9.93. The summed E-state index contributed by atoms with van der Waals surface area (Å²) in [6.45, 7) is 7.31. The minimum atomic E-state index is -0.534. The van der Waals surface area contributed by atoms with Crippen molar-refractivity contribution in [1.29, 1.82) is 0 Å². The lowest BCUT2D eigenvalue weighted by Crippen LogP contribution is -2.31. The molecule has 19 heavy (non-hydrogen) atoms. The maximum atomic E-state index is 12.4. The molecule has 0 unspecified atom stereocenters. The fraction of sp³-hybridized carbons (Fsp3) is 0.615. The van der Waals surface area contributed by atoms with Gasteiger partial charge in [-0.25, -0.2) is 4.79 Å². The number of hydrogen-bond acceptors (Lipinski definition) is 4. The van der Waals surface area contributed by atoms with Gasteiger partial charge < -0.3 is 9.64 Å². The predicted octanol–water partition coefficient (Wildman–Crippen LogP) is 1.38. The zero-order valence-electron chi connectivity index (χ0n) is 11.7. The first-order valence-electron chi connectivity index (χ1n) is 6.28. The van der Waals surface area contributed by atoms with Crippen LogP contribution in [-0.2, 0) is 4.74 Å². The Morgan fingerprint density at radius 1 is 1.42 bits per heavy atom. The number of aromatic nitrogens is 2. The molecule has 1 aliphatic rings. The van der Waals surface area contributed by atoms with Crippen LogP contribution in [-0.4, -0.2) is 47.2 Å². The Hall–Kier alpha value is -1.85. The van der Waals surface area contributed by atoms with E-state index in [1.54, 1.807) is 11.8 Å². The topological polar surface area (TPSA) is 75.3 Å². The highest BCUT2D eigenvalue weighted by Crippen LogP contribution is 2.30. The number of esters is 1. The summed E-state index contributed by atoms with van der Waals surface area (Å²) in [4.78, 5) is 25.9. The fourth-order valence-corrected chi connectivity index (χ4v) is 2.37. The average Bonchev–Trinajstić information content (AvgIpc) is 2.90. The summed E-state index contributed by atoms with van der Waals surface area (Å²) in [6, 6.07) is 0. The van der Waals surface area contributed by atoms with E-state index in [2.05, 4.69) is 24.0 Å². The van der Waals surface area contributed by atoms with Gasteiger partial charge in [0, 0.05) is 18.8 Å². The van der Waals surface area contributed by atoms with Crippen molar-refractivity contribution in [2.75, 3.05) is 20.2 Å². The molecule has 0 saturated carbocycles. The molecule has 6 heteroatoms. The molecule has 2 heterocycles. The Morgan fingerprint density at radius 2 is 2.11 bits per heavy atom. The van der Waals surface area contributed by atoms with E-state index >= 15 is 0 Å². The van der Waals surface area contributed by atoms with E-state index in [4.69, 9.17) is 4.74 Å². The van der Waals surface area contributed by atoms with Crippen molar-refractivity contribution in [3.05, 3.63) is 17.0 Å². The summed E-state index contributed by atoms with van der Waals surface area (Å²) < 4.78 is 4.70. The zero-order chi connectivity index (χ0) is 14.2. The van der Waals surface area contributed by atoms with E-state index in [1.807, 2.05) is 0 Å². The largest absolute Gasteiger partial charge is 0.465 e. The quantitative estimate of drug-likeness (QED) is 0.820. The lowest BCUT2D eigenvalue weighted by molar-refractivity contribution is 0.0590. The number of rotatable bonds is 2. The molecular formula is C13H19N3O3. The van der Waals surface area contributed by atoms with Gasteiger partial charge in [0.2, 0.25) is 0 Å². The van der Waals surface area contributed by atoms with Crippen molar-refractivity contribution in [2.45, 2.75) is 27.2 Å². The van der Waals surface area contributed by atoms with Crippen molar-refractivity contribution in [3.8, 4) is 0 Å². The van der Waals surface area contributed by atoms with Crippen LogP contribution >= 0.6 is 0 Å². The molecule has 0 spiro atoms. The summed E-state index contributed by atoms with van der Waals surface area (Å²) in [5, 5.41) is 6.64. The molecule has 1 N–H and O–H groups in total. The number of aromatic amines is 1. The smallest absolute Gasteiger partial charge is 0.342 e. The van der Waals surface area contributed by atoms with Crippen LogP contribution in [0.15, 0.2) is 0 Å². The number of amides is 1. The summed E-state index contributed by atoms with van der Waals surface area (Å²) in [5.41, 5.74) is 1.06. The first-order valence-corrected chi connectivity index (χ1v) is 6.28. The van der Waals surface area contributed by atoms with Gasteiger partial charge in [0.15, 0.2) is 5.69 Å². The van der Waals surface area contributed by atoms with Gasteiger partial charge in [0.05, 0.1) is 7.11 Å². The monoisotopic (exact) mass is 265 g/mol. The van der Waals surface area contributed by atoms with E-state index in [0.717, 1.165) is 6.42 Å². The standard InChI is InChI=1S/C13H19N3O3/c1-8-9(12(18)19-4)10(15-14-8)11(17)16-6-5-13(2,3)7-16/h5-7H2,1-4H3,(H,14,15). The summed E-state index contributed by atoms with van der Waals surface area (Å²) in [5.74, 6) is -0.747. The molecule has 1 amide bonds. The highest BCUT2D eigenvalue weighted by atomic mass is 16.5. The minimum absolute atomic E-state index is 0.118. The number of ether oxygens (including phenoxy) is 1. The summed E-state index contributed by atoms with van der Waals surface area (Å²) in [6.07, 6.45) is 0.954. The van der Waals surface area contributed by atoms with Gasteiger partial charge in [0.25, 0.3) is 5.91 Å². The lowest BCUT2D eigenvalue weighted by Gasteiger charge is -2.19. The van der Waals surface area contributed by atoms with E-state index in [-0.39, 0.29) is 22.6 Å². The van der Waals surface area contributed by atoms with Crippen molar-refractivity contribution in [3.63, 3.8) is 0 Å². The van der Waals surface area contributed by atoms with E-state index in [0.29, 0.717) is 18.8 Å². The molecule has 1 fully saturated rings. The molecule has 104 valence electrons. The van der Waals surface area contributed by atoms with Crippen molar-refractivity contribution < 1.29 is 14.3 Å². The highest BCUT2D eigenvalue weighted by molar-refractivity contribution is 6.04. The second kappa shape index (κ2) is 4.68. The number of H-pyrrole nitrogens is 1. The maximum Gasteiger partial charge on any atom is 0.342 e. The Balaban J connectivity index is 2.28.